The highest BCUT2D eigenvalue weighted by Gasteiger charge is 2.31. The highest BCUT2D eigenvalue weighted by Crippen LogP contribution is 2.49. The van der Waals surface area contributed by atoms with Gasteiger partial charge in [-0.1, -0.05) is 116 Å². The van der Waals surface area contributed by atoms with Crippen LogP contribution in [0.1, 0.15) is 5.69 Å². The first-order valence-electron chi connectivity index (χ1n) is 19.8. The highest BCUT2D eigenvalue weighted by molar-refractivity contribution is 6.15. The third kappa shape index (κ3) is 4.99. The van der Waals surface area contributed by atoms with Crippen LogP contribution < -0.4 is 0 Å². The Morgan fingerprint density at radius 1 is 0.410 bits per heavy atom. The summed E-state index contributed by atoms with van der Waals surface area (Å²) >= 11 is 0. The Labute approximate surface area is 348 Å². The summed E-state index contributed by atoms with van der Waals surface area (Å²) in [7, 11) is 0. The van der Waals surface area contributed by atoms with Crippen molar-refractivity contribution in [2.24, 2.45) is 0 Å². The van der Waals surface area contributed by atoms with E-state index < -0.39 is 0 Å². The molecule has 0 radical (unpaired) electrons. The van der Waals surface area contributed by atoms with Crippen LogP contribution in [0.2, 0.25) is 0 Å². The lowest BCUT2D eigenvalue weighted by Crippen LogP contribution is -2.13. The van der Waals surface area contributed by atoms with Crippen molar-refractivity contribution in [1.29, 1.82) is 5.26 Å². The lowest BCUT2D eigenvalue weighted by molar-refractivity contribution is 1.05. The van der Waals surface area contributed by atoms with E-state index in [0.717, 1.165) is 93.6 Å². The zero-order chi connectivity index (χ0) is 40.6. The number of para-hydroxylation sites is 6. The average Bonchev–Trinajstić information content (AvgIpc) is 3.97. The van der Waals surface area contributed by atoms with E-state index in [1.165, 1.54) is 12.4 Å². The Balaban J connectivity index is 1.42. The minimum atomic E-state index is 0.199. The van der Waals surface area contributed by atoms with Gasteiger partial charge in [-0.2, -0.15) is 5.26 Å². The predicted molar refractivity (Wildman–Crippen MR) is 242 cm³/mol. The fourth-order valence-corrected chi connectivity index (χ4v) is 9.24. The van der Waals surface area contributed by atoms with Crippen molar-refractivity contribution in [2.45, 2.75) is 0 Å². The van der Waals surface area contributed by atoms with E-state index in [2.05, 4.69) is 186 Å². The average molecular weight is 780 g/mol. The van der Waals surface area contributed by atoms with Gasteiger partial charge in [0.25, 0.3) is 5.82 Å². The molecule has 0 saturated carbocycles. The summed E-state index contributed by atoms with van der Waals surface area (Å²) in [6, 6.07) is 55.4. The molecule has 0 aliphatic rings. The summed E-state index contributed by atoms with van der Waals surface area (Å²) in [6.45, 7) is 7.73. The fraction of sp³-hybridized carbons (Fsp3) is 0. The van der Waals surface area contributed by atoms with Gasteiger partial charge < -0.3 is 18.5 Å². The number of hydrogen-bond acceptors (Lipinski definition) is 5. The van der Waals surface area contributed by atoms with Gasteiger partial charge in [0.05, 0.1) is 74.4 Å². The molecule has 0 N–H and O–H groups in total. The van der Waals surface area contributed by atoms with Crippen molar-refractivity contribution < 1.29 is 0 Å². The summed E-state index contributed by atoms with van der Waals surface area (Å²) in [5.74, 6) is 0.199. The molecule has 0 spiro atoms. The van der Waals surface area contributed by atoms with Gasteiger partial charge in [-0.25, -0.2) is 4.98 Å². The molecule has 12 aromatic rings. The van der Waals surface area contributed by atoms with Crippen LogP contribution in [-0.2, 0) is 0 Å². The molecule has 9 nitrogen and oxygen atoms in total. The van der Waals surface area contributed by atoms with Crippen molar-refractivity contribution in [3.63, 3.8) is 0 Å². The van der Waals surface area contributed by atoms with E-state index in [1.54, 1.807) is 12.4 Å². The molecule has 0 bridgehead atoms. The van der Waals surface area contributed by atoms with Crippen LogP contribution in [0.3, 0.4) is 0 Å². The maximum absolute atomic E-state index is 9.86. The second-order valence-electron chi connectivity index (χ2n) is 14.9. The predicted octanol–water partition coefficient (Wildman–Crippen LogP) is 12.3. The number of nitrogens with zero attached hydrogens (tertiary/aromatic N) is 9. The van der Waals surface area contributed by atoms with Gasteiger partial charge in [-0.05, 0) is 42.5 Å². The van der Waals surface area contributed by atoms with Crippen LogP contribution in [-0.4, -0.2) is 33.6 Å². The molecule has 0 aliphatic heterocycles. The smallest absolute Gasteiger partial charge is 0.287 e. The highest BCUT2D eigenvalue weighted by atomic mass is 15.1. The van der Waals surface area contributed by atoms with Gasteiger partial charge in [0.2, 0.25) is 0 Å². The van der Waals surface area contributed by atoms with E-state index in [1.807, 2.05) is 0 Å². The third-order valence-electron chi connectivity index (χ3n) is 11.7. The van der Waals surface area contributed by atoms with Crippen LogP contribution in [0.15, 0.2) is 176 Å². The second kappa shape index (κ2) is 13.3. The molecule has 0 amide bonds. The summed E-state index contributed by atoms with van der Waals surface area (Å²) in [4.78, 5) is 22.7. The van der Waals surface area contributed by atoms with E-state index in [9.17, 15) is 5.26 Å². The largest absolute Gasteiger partial charge is 0.359 e. The van der Waals surface area contributed by atoms with Crippen LogP contribution in [0.25, 0.3) is 110 Å². The Hall–Kier alpha value is -8.92. The monoisotopic (exact) mass is 779 g/mol. The fourth-order valence-electron chi connectivity index (χ4n) is 9.24. The van der Waals surface area contributed by atoms with Gasteiger partial charge in [-0.3, -0.25) is 9.97 Å². The number of hydrogen-bond donors (Lipinski definition) is 0. The Morgan fingerprint density at radius 3 is 1.07 bits per heavy atom. The molecule has 0 fully saturated rings. The first-order valence-corrected chi connectivity index (χ1v) is 19.8. The van der Waals surface area contributed by atoms with E-state index in [-0.39, 0.29) is 11.5 Å². The van der Waals surface area contributed by atoms with Crippen molar-refractivity contribution in [3.05, 3.63) is 194 Å². The Morgan fingerprint density at radius 2 is 0.754 bits per heavy atom. The van der Waals surface area contributed by atoms with Crippen molar-refractivity contribution in [2.75, 3.05) is 0 Å². The maximum Gasteiger partial charge on any atom is 0.287 e. The van der Waals surface area contributed by atoms with Crippen LogP contribution in [0.4, 0.5) is 5.82 Å². The molecule has 0 unspecified atom stereocenters. The molecule has 5 heterocycles. The topological polar surface area (TPSA) is 94.5 Å². The minimum Gasteiger partial charge on any atom is -0.359 e. The molecular weight excluding hydrogens is 751 g/mol. The van der Waals surface area contributed by atoms with Crippen LogP contribution in [0, 0.1) is 17.9 Å². The van der Waals surface area contributed by atoms with Gasteiger partial charge in [0.15, 0.2) is 5.69 Å². The zero-order valence-corrected chi connectivity index (χ0v) is 32.3. The van der Waals surface area contributed by atoms with Crippen LogP contribution in [0.5, 0.6) is 0 Å². The molecule has 7 aromatic carbocycles. The van der Waals surface area contributed by atoms with E-state index >= 15 is 0 Å². The van der Waals surface area contributed by atoms with Crippen molar-refractivity contribution in [1.82, 2.24) is 33.6 Å². The Kier molecular flexibility index (Phi) is 7.46. The lowest BCUT2D eigenvalue weighted by Gasteiger charge is -2.27. The quantitative estimate of drug-likeness (QED) is 0.162. The summed E-state index contributed by atoms with van der Waals surface area (Å²) < 4.78 is 7.09. The summed E-state index contributed by atoms with van der Waals surface area (Å²) in [6.07, 6.45) is 6.42. The first-order chi connectivity index (χ1) is 30.2. The molecule has 282 valence electrons. The van der Waals surface area contributed by atoms with Crippen molar-refractivity contribution >= 4 is 71.2 Å². The number of aromatic nitrogens is 7. The molecular formula is C52H29N9. The number of nitriles is 1. The van der Waals surface area contributed by atoms with E-state index in [4.69, 9.17) is 16.5 Å². The number of fused-ring (bicyclic) bond motifs is 9. The number of benzene rings is 7. The zero-order valence-electron chi connectivity index (χ0n) is 32.3. The van der Waals surface area contributed by atoms with E-state index in [0.29, 0.717) is 11.4 Å². The minimum absolute atomic E-state index is 0.199. The SMILES string of the molecule is [C-]#[N+]c1cnc(-c2cc(-c3cnc(C#N)cn3)c(-n3c4ccccc4c4ccccc43)c(-n3c4ccccc4c4ccccc43)c2-n2c3ccccc3c3ccccc32)cn1. The molecule has 9 heteroatoms. The third-order valence-corrected chi connectivity index (χ3v) is 11.7. The normalized spacial score (nSPS) is 11.6. The standard InChI is InChI=1S/C52H29N9/c1-54-49-31-57-42(30-58-49)40-26-39(41-29-55-32(27-53)28-56-41)50(59-43-20-8-2-14-33(43)34-15-3-9-21-44(34)59)52(61-47-24-12-6-18-37(47)38-19-7-13-25-48(38)61)51(40)60-45-22-10-4-16-35(45)36-17-5-11-23-46(36)60/h2-26,28-31H. The first kappa shape index (κ1) is 34.1. The summed E-state index contributed by atoms with van der Waals surface area (Å²) in [5.41, 5.74) is 11.5. The van der Waals surface area contributed by atoms with Crippen LogP contribution >= 0.6 is 0 Å². The molecule has 5 aromatic heterocycles. The molecule has 0 atom stereocenters. The van der Waals surface area contributed by atoms with Crippen molar-refractivity contribution in [3.8, 4) is 45.6 Å². The molecule has 12 rings (SSSR count). The lowest BCUT2D eigenvalue weighted by atomic mass is 9.97. The maximum atomic E-state index is 9.86. The van der Waals surface area contributed by atoms with Gasteiger partial charge in [0.1, 0.15) is 18.0 Å². The molecule has 0 aliphatic carbocycles. The number of rotatable bonds is 5. The van der Waals surface area contributed by atoms with Gasteiger partial charge in [0, 0.05) is 43.4 Å². The molecule has 0 saturated heterocycles. The molecule has 61 heavy (non-hydrogen) atoms. The van der Waals surface area contributed by atoms with Gasteiger partial charge >= 0.3 is 0 Å². The second-order valence-corrected chi connectivity index (χ2v) is 14.9. The Bertz CT molecular complexity index is 3490. The van der Waals surface area contributed by atoms with Gasteiger partial charge in [-0.15, -0.1) is 4.98 Å². The summed E-state index contributed by atoms with van der Waals surface area (Å²) in [5, 5.41) is 16.5.